The van der Waals surface area contributed by atoms with Gasteiger partial charge in [0, 0.05) is 56.6 Å². The fourth-order valence-electron chi connectivity index (χ4n) is 6.13. The van der Waals surface area contributed by atoms with Gasteiger partial charge in [-0.1, -0.05) is 33.6 Å². The first kappa shape index (κ1) is 27.2. The Bertz CT molecular complexity index is 791. The molecule has 34 heavy (non-hydrogen) atoms. The summed E-state index contributed by atoms with van der Waals surface area (Å²) in [6, 6.07) is 9.83. The summed E-state index contributed by atoms with van der Waals surface area (Å²) in [5, 5.41) is 9.29. The van der Waals surface area contributed by atoms with Gasteiger partial charge in [-0.05, 0) is 86.6 Å². The number of piperazine rings is 1. The summed E-state index contributed by atoms with van der Waals surface area (Å²) in [6.45, 7) is 15.2. The first-order chi connectivity index (χ1) is 16.0. The molecule has 0 amide bonds. The molecular weight excluding hydrogens is 440 g/mol. The van der Waals surface area contributed by atoms with Crippen molar-refractivity contribution < 1.29 is 0 Å². The van der Waals surface area contributed by atoms with E-state index in [-0.39, 0.29) is 18.3 Å². The van der Waals surface area contributed by atoms with Crippen LogP contribution < -0.4 is 9.80 Å². The molecule has 4 rings (SSSR count). The van der Waals surface area contributed by atoms with Crippen LogP contribution in [0.15, 0.2) is 18.2 Å². The third-order valence-corrected chi connectivity index (χ3v) is 8.62. The summed E-state index contributed by atoms with van der Waals surface area (Å²) in [5.74, 6) is 0.932. The Labute approximate surface area is 215 Å². The number of anilines is 2. The first-order valence-corrected chi connectivity index (χ1v) is 13.7. The van der Waals surface area contributed by atoms with Gasteiger partial charge in [-0.25, -0.2) is 0 Å². The van der Waals surface area contributed by atoms with E-state index in [1.165, 1.54) is 76.0 Å². The molecule has 0 spiro atoms. The Hall–Kier alpha value is -1.44. The molecule has 2 aliphatic heterocycles. The fraction of sp³-hybridized carbons (Fsp3) is 0.759. The number of halogens is 1. The van der Waals surface area contributed by atoms with Crippen LogP contribution in [0.4, 0.5) is 11.4 Å². The van der Waals surface area contributed by atoms with Crippen LogP contribution in [-0.2, 0) is 0 Å². The highest BCUT2D eigenvalue weighted by atomic mass is 35.5. The molecule has 0 unspecified atom stereocenters. The molecule has 2 heterocycles. The minimum Gasteiger partial charge on any atom is -0.371 e. The van der Waals surface area contributed by atoms with Crippen molar-refractivity contribution in [1.29, 1.82) is 5.26 Å². The van der Waals surface area contributed by atoms with Gasteiger partial charge in [0.2, 0.25) is 0 Å². The molecule has 1 aromatic rings. The van der Waals surface area contributed by atoms with Gasteiger partial charge in [0.15, 0.2) is 0 Å². The summed E-state index contributed by atoms with van der Waals surface area (Å²) < 4.78 is 0. The molecule has 3 aliphatic rings. The molecule has 0 N–H and O–H groups in total. The number of nitrogens with zero attached hydrogens (tertiary/aromatic N) is 4. The SMILES string of the molecule is CCCCCN1CCN(c2ccc(N3CCC(C#N)CC3)cc2C2CCC(C)(C)CC2)CC1.Cl. The van der Waals surface area contributed by atoms with Gasteiger partial charge in [-0.15, -0.1) is 12.4 Å². The predicted molar refractivity (Wildman–Crippen MR) is 147 cm³/mol. The zero-order chi connectivity index (χ0) is 23.3. The van der Waals surface area contributed by atoms with Crippen LogP contribution in [0.25, 0.3) is 0 Å². The van der Waals surface area contributed by atoms with E-state index in [1.807, 2.05) is 0 Å². The second-order valence-corrected chi connectivity index (χ2v) is 11.6. The zero-order valence-corrected chi connectivity index (χ0v) is 22.7. The fourth-order valence-corrected chi connectivity index (χ4v) is 6.13. The summed E-state index contributed by atoms with van der Waals surface area (Å²) in [5.41, 5.74) is 4.99. The third kappa shape index (κ3) is 6.82. The van der Waals surface area contributed by atoms with Crippen LogP contribution in [0.1, 0.15) is 90.0 Å². The van der Waals surface area contributed by atoms with Crippen molar-refractivity contribution in [2.75, 3.05) is 55.6 Å². The van der Waals surface area contributed by atoms with E-state index in [0.29, 0.717) is 11.3 Å². The quantitative estimate of drug-likeness (QED) is 0.395. The maximum atomic E-state index is 9.29. The van der Waals surface area contributed by atoms with Gasteiger partial charge in [-0.2, -0.15) is 5.26 Å². The smallest absolute Gasteiger partial charge is 0.0657 e. The number of hydrogen-bond donors (Lipinski definition) is 0. The predicted octanol–water partition coefficient (Wildman–Crippen LogP) is 6.84. The van der Waals surface area contributed by atoms with E-state index in [4.69, 9.17) is 0 Å². The third-order valence-electron chi connectivity index (χ3n) is 8.62. The molecule has 1 saturated carbocycles. The van der Waals surface area contributed by atoms with Crippen molar-refractivity contribution in [1.82, 2.24) is 4.90 Å². The Morgan fingerprint density at radius 1 is 0.912 bits per heavy atom. The Morgan fingerprint density at radius 2 is 1.59 bits per heavy atom. The largest absolute Gasteiger partial charge is 0.371 e. The van der Waals surface area contributed by atoms with Gasteiger partial charge in [0.05, 0.1) is 6.07 Å². The lowest BCUT2D eigenvalue weighted by atomic mass is 9.71. The van der Waals surface area contributed by atoms with E-state index in [9.17, 15) is 5.26 Å². The molecule has 0 aromatic heterocycles. The van der Waals surface area contributed by atoms with Gasteiger partial charge in [0.25, 0.3) is 0 Å². The summed E-state index contributed by atoms with van der Waals surface area (Å²) in [6.07, 6.45) is 11.3. The average molecular weight is 487 g/mol. The van der Waals surface area contributed by atoms with Gasteiger partial charge >= 0.3 is 0 Å². The highest BCUT2D eigenvalue weighted by Gasteiger charge is 2.31. The van der Waals surface area contributed by atoms with Crippen LogP contribution in [0.5, 0.6) is 0 Å². The molecule has 0 radical (unpaired) electrons. The lowest BCUT2D eigenvalue weighted by Gasteiger charge is -2.40. The number of hydrogen-bond acceptors (Lipinski definition) is 4. The highest BCUT2D eigenvalue weighted by molar-refractivity contribution is 5.85. The van der Waals surface area contributed by atoms with Crippen LogP contribution in [0.3, 0.4) is 0 Å². The maximum absolute atomic E-state index is 9.29. The lowest BCUT2D eigenvalue weighted by molar-refractivity contribution is 0.224. The Balaban J connectivity index is 0.00000324. The van der Waals surface area contributed by atoms with Crippen molar-refractivity contribution in [3.8, 4) is 6.07 Å². The lowest BCUT2D eigenvalue weighted by Crippen LogP contribution is -2.47. The molecule has 3 fully saturated rings. The number of rotatable bonds is 7. The second kappa shape index (κ2) is 12.5. The van der Waals surface area contributed by atoms with Crippen molar-refractivity contribution in [3.05, 3.63) is 23.8 Å². The van der Waals surface area contributed by atoms with Crippen molar-refractivity contribution >= 4 is 23.8 Å². The molecule has 5 heteroatoms. The number of unbranched alkanes of at least 4 members (excludes halogenated alkanes) is 2. The van der Waals surface area contributed by atoms with E-state index in [1.54, 1.807) is 5.56 Å². The van der Waals surface area contributed by atoms with Crippen molar-refractivity contribution in [2.24, 2.45) is 11.3 Å². The van der Waals surface area contributed by atoms with Gasteiger partial charge < -0.3 is 9.80 Å². The maximum Gasteiger partial charge on any atom is 0.0657 e. The van der Waals surface area contributed by atoms with Crippen LogP contribution >= 0.6 is 12.4 Å². The first-order valence-electron chi connectivity index (χ1n) is 13.7. The zero-order valence-electron chi connectivity index (χ0n) is 21.9. The highest BCUT2D eigenvalue weighted by Crippen LogP contribution is 2.46. The molecular formula is C29H47ClN4. The van der Waals surface area contributed by atoms with Crippen LogP contribution in [-0.4, -0.2) is 50.7 Å². The van der Waals surface area contributed by atoms with Crippen LogP contribution in [0, 0.1) is 22.7 Å². The number of nitriles is 1. The second-order valence-electron chi connectivity index (χ2n) is 11.6. The topological polar surface area (TPSA) is 33.5 Å². The van der Waals surface area contributed by atoms with Crippen LogP contribution in [0.2, 0.25) is 0 Å². The summed E-state index contributed by atoms with van der Waals surface area (Å²) >= 11 is 0. The average Bonchev–Trinajstić information content (AvgIpc) is 2.84. The molecule has 1 aliphatic carbocycles. The molecule has 0 bridgehead atoms. The number of benzene rings is 1. The van der Waals surface area contributed by atoms with E-state index in [0.717, 1.165) is 39.0 Å². The molecule has 2 saturated heterocycles. The molecule has 190 valence electrons. The monoisotopic (exact) mass is 486 g/mol. The minimum atomic E-state index is 0. The van der Waals surface area contributed by atoms with E-state index in [2.05, 4.69) is 59.7 Å². The normalized spacial score (nSPS) is 22.3. The number of piperidine rings is 1. The summed E-state index contributed by atoms with van der Waals surface area (Å²) in [7, 11) is 0. The summed E-state index contributed by atoms with van der Waals surface area (Å²) in [4.78, 5) is 7.87. The van der Waals surface area contributed by atoms with E-state index < -0.39 is 0 Å². The standard InChI is InChI=1S/C29H46N4.ClH/c1-4-5-6-15-31-18-20-33(21-19-31)28-8-7-26(32-16-11-24(23-30)12-17-32)22-27(28)25-9-13-29(2,3)14-10-25;/h7-8,22,24-25H,4-6,9-21H2,1-3H3;1H. The Morgan fingerprint density at radius 3 is 2.21 bits per heavy atom. The molecule has 4 nitrogen and oxygen atoms in total. The molecule has 1 aromatic carbocycles. The van der Waals surface area contributed by atoms with Crippen molar-refractivity contribution in [2.45, 2.75) is 84.5 Å². The van der Waals surface area contributed by atoms with Gasteiger partial charge in [0.1, 0.15) is 0 Å². The van der Waals surface area contributed by atoms with Gasteiger partial charge in [-0.3, -0.25) is 4.90 Å². The minimum absolute atomic E-state index is 0. The van der Waals surface area contributed by atoms with Crippen molar-refractivity contribution in [3.63, 3.8) is 0 Å². The molecule has 0 atom stereocenters. The van der Waals surface area contributed by atoms with E-state index >= 15 is 0 Å². The Kier molecular flexibility index (Phi) is 9.98.